The van der Waals surface area contributed by atoms with E-state index in [1.807, 2.05) is 13.0 Å². The molecule has 0 fully saturated rings. The number of rotatable bonds is 3. The third-order valence-corrected chi connectivity index (χ3v) is 2.11. The van der Waals surface area contributed by atoms with E-state index in [0.29, 0.717) is 5.69 Å². The summed E-state index contributed by atoms with van der Waals surface area (Å²) in [6.07, 6.45) is 3.08. The number of nitriles is 1. The van der Waals surface area contributed by atoms with E-state index < -0.39 is 0 Å². The molecule has 1 atom stereocenters. The molecule has 2 N–H and O–H groups in total. The molecule has 0 amide bonds. The summed E-state index contributed by atoms with van der Waals surface area (Å²) >= 11 is 0. The van der Waals surface area contributed by atoms with Gasteiger partial charge in [0.2, 0.25) is 0 Å². The quantitative estimate of drug-likeness (QED) is 0.802. The number of hydrogen-bond acceptors (Lipinski definition) is 5. The molecule has 0 saturated carbocycles. The molecule has 6 heteroatoms. The monoisotopic (exact) mass is 214 g/mol. The Balaban J connectivity index is 2.07. The van der Waals surface area contributed by atoms with Crippen molar-refractivity contribution < 1.29 is 0 Å². The topological polar surface area (TPSA) is 90.3 Å². The van der Waals surface area contributed by atoms with Crippen molar-refractivity contribution in [3.05, 3.63) is 36.2 Å². The number of nitrogens with zero attached hydrogens (tertiary/aromatic N) is 4. The van der Waals surface area contributed by atoms with Gasteiger partial charge in [0.15, 0.2) is 0 Å². The zero-order valence-corrected chi connectivity index (χ0v) is 8.68. The highest BCUT2D eigenvalue weighted by Crippen LogP contribution is 2.14. The lowest BCUT2D eigenvalue weighted by atomic mass is 10.3. The fraction of sp³-hybridized carbons (Fsp3) is 0.200. The van der Waals surface area contributed by atoms with Gasteiger partial charge in [-0.1, -0.05) is 0 Å². The molecule has 0 bridgehead atoms. The Morgan fingerprint density at radius 3 is 2.88 bits per heavy atom. The Labute approximate surface area is 92.4 Å². The summed E-state index contributed by atoms with van der Waals surface area (Å²) in [5, 5.41) is 18.4. The van der Waals surface area contributed by atoms with E-state index in [0.717, 1.165) is 11.5 Å². The average Bonchev–Trinajstić information content (AvgIpc) is 2.83. The average molecular weight is 214 g/mol. The Hall–Kier alpha value is -2.42. The third kappa shape index (κ3) is 2.15. The van der Waals surface area contributed by atoms with E-state index in [4.69, 9.17) is 5.26 Å². The Morgan fingerprint density at radius 1 is 1.44 bits per heavy atom. The largest absolute Gasteiger partial charge is 0.374 e. The van der Waals surface area contributed by atoms with Crippen LogP contribution in [0.2, 0.25) is 0 Å². The first-order valence-corrected chi connectivity index (χ1v) is 4.77. The molecule has 1 unspecified atom stereocenters. The maximum absolute atomic E-state index is 8.60. The predicted octanol–water partition coefficient (Wildman–Crippen LogP) is 1.24. The summed E-state index contributed by atoms with van der Waals surface area (Å²) < 4.78 is 0. The van der Waals surface area contributed by atoms with Crippen LogP contribution in [0.5, 0.6) is 0 Å². The van der Waals surface area contributed by atoms with Gasteiger partial charge in [-0.3, -0.25) is 5.10 Å². The summed E-state index contributed by atoms with van der Waals surface area (Å²) in [6.45, 7) is 1.96. The molecule has 0 aliphatic heterocycles. The molecule has 2 aromatic heterocycles. The highest BCUT2D eigenvalue weighted by molar-refractivity contribution is 5.43. The van der Waals surface area contributed by atoms with Crippen molar-refractivity contribution in [2.24, 2.45) is 0 Å². The minimum Gasteiger partial charge on any atom is -0.374 e. The molecule has 2 heterocycles. The minimum atomic E-state index is 0.0113. The lowest BCUT2D eigenvalue weighted by Crippen LogP contribution is -2.08. The second-order valence-corrected chi connectivity index (χ2v) is 3.28. The molecule has 0 radical (unpaired) electrons. The molecule has 0 aliphatic carbocycles. The molecule has 0 aliphatic rings. The second-order valence-electron chi connectivity index (χ2n) is 3.28. The van der Waals surface area contributed by atoms with Gasteiger partial charge in [0.1, 0.15) is 23.9 Å². The molecule has 0 saturated heterocycles. The van der Waals surface area contributed by atoms with Crippen molar-refractivity contribution in [2.45, 2.75) is 13.0 Å². The molecular weight excluding hydrogens is 204 g/mol. The second kappa shape index (κ2) is 4.40. The van der Waals surface area contributed by atoms with Crippen molar-refractivity contribution >= 4 is 5.69 Å². The van der Waals surface area contributed by atoms with Gasteiger partial charge in [0.05, 0.1) is 17.9 Å². The van der Waals surface area contributed by atoms with Crippen molar-refractivity contribution in [3.63, 3.8) is 0 Å². The van der Waals surface area contributed by atoms with E-state index in [1.54, 1.807) is 18.3 Å². The van der Waals surface area contributed by atoms with Gasteiger partial charge in [0, 0.05) is 0 Å². The van der Waals surface area contributed by atoms with Gasteiger partial charge in [-0.05, 0) is 19.1 Å². The van der Waals surface area contributed by atoms with E-state index in [2.05, 4.69) is 25.5 Å². The van der Waals surface area contributed by atoms with Crippen LogP contribution in [-0.4, -0.2) is 20.2 Å². The summed E-state index contributed by atoms with van der Waals surface area (Å²) in [7, 11) is 0. The van der Waals surface area contributed by atoms with Crippen molar-refractivity contribution in [3.8, 4) is 6.07 Å². The van der Waals surface area contributed by atoms with Gasteiger partial charge >= 0.3 is 0 Å². The van der Waals surface area contributed by atoms with Gasteiger partial charge in [-0.15, -0.1) is 0 Å². The number of hydrogen-bond donors (Lipinski definition) is 2. The van der Waals surface area contributed by atoms with Gasteiger partial charge in [0.25, 0.3) is 0 Å². The Kier molecular flexibility index (Phi) is 2.78. The summed E-state index contributed by atoms with van der Waals surface area (Å²) in [4.78, 5) is 8.01. The predicted molar refractivity (Wildman–Crippen MR) is 57.4 cm³/mol. The van der Waals surface area contributed by atoms with Crippen LogP contribution in [-0.2, 0) is 0 Å². The lowest BCUT2D eigenvalue weighted by molar-refractivity contribution is 0.795. The normalized spacial score (nSPS) is 11.8. The number of nitrogens with one attached hydrogen (secondary N) is 2. The van der Waals surface area contributed by atoms with E-state index in [-0.39, 0.29) is 6.04 Å². The third-order valence-electron chi connectivity index (χ3n) is 2.11. The van der Waals surface area contributed by atoms with Crippen LogP contribution in [0.25, 0.3) is 0 Å². The summed E-state index contributed by atoms with van der Waals surface area (Å²) in [6, 6.07) is 5.45. The first-order valence-electron chi connectivity index (χ1n) is 4.77. The first kappa shape index (κ1) is 10.1. The number of aromatic amines is 1. The van der Waals surface area contributed by atoms with E-state index in [9.17, 15) is 0 Å². The molecule has 0 aromatic carbocycles. The van der Waals surface area contributed by atoms with Crippen LogP contribution in [0.1, 0.15) is 24.5 Å². The molecule has 6 nitrogen and oxygen atoms in total. The lowest BCUT2D eigenvalue weighted by Gasteiger charge is -2.11. The van der Waals surface area contributed by atoms with E-state index in [1.165, 1.54) is 6.33 Å². The fourth-order valence-electron chi connectivity index (χ4n) is 1.29. The van der Waals surface area contributed by atoms with Crippen LogP contribution < -0.4 is 5.32 Å². The molecule has 2 rings (SSSR count). The molecule has 80 valence electrons. The van der Waals surface area contributed by atoms with E-state index >= 15 is 0 Å². The SMILES string of the molecule is CC(Nc1ccc(C#N)nc1)c1ncn[nH]1. The first-order chi connectivity index (χ1) is 7.79. The number of pyridine rings is 1. The Bertz CT molecular complexity index is 481. The molecule has 16 heavy (non-hydrogen) atoms. The highest BCUT2D eigenvalue weighted by Gasteiger charge is 2.07. The molecule has 2 aromatic rings. The minimum absolute atomic E-state index is 0.0113. The van der Waals surface area contributed by atoms with Gasteiger partial charge in [-0.25, -0.2) is 9.97 Å². The fourth-order valence-corrected chi connectivity index (χ4v) is 1.29. The highest BCUT2D eigenvalue weighted by atomic mass is 15.2. The van der Waals surface area contributed by atoms with Gasteiger partial charge in [-0.2, -0.15) is 10.4 Å². The van der Waals surface area contributed by atoms with Gasteiger partial charge < -0.3 is 5.32 Å². The van der Waals surface area contributed by atoms with Crippen molar-refractivity contribution in [1.29, 1.82) is 5.26 Å². The maximum Gasteiger partial charge on any atom is 0.146 e. The van der Waals surface area contributed by atoms with Crippen LogP contribution in [0, 0.1) is 11.3 Å². The zero-order valence-electron chi connectivity index (χ0n) is 8.68. The van der Waals surface area contributed by atoms with Crippen molar-refractivity contribution in [2.75, 3.05) is 5.32 Å². The number of aromatic nitrogens is 4. The molecule has 0 spiro atoms. The zero-order chi connectivity index (χ0) is 11.4. The Morgan fingerprint density at radius 2 is 2.31 bits per heavy atom. The van der Waals surface area contributed by atoms with Crippen LogP contribution in [0.3, 0.4) is 0 Å². The smallest absolute Gasteiger partial charge is 0.146 e. The van der Waals surface area contributed by atoms with Crippen LogP contribution >= 0.6 is 0 Å². The van der Waals surface area contributed by atoms with Crippen LogP contribution in [0.15, 0.2) is 24.7 Å². The number of anilines is 1. The number of H-pyrrole nitrogens is 1. The van der Waals surface area contributed by atoms with Crippen molar-refractivity contribution in [1.82, 2.24) is 20.2 Å². The maximum atomic E-state index is 8.60. The summed E-state index contributed by atoms with van der Waals surface area (Å²) in [5.41, 5.74) is 1.24. The summed E-state index contributed by atoms with van der Waals surface area (Å²) in [5.74, 6) is 0.754. The van der Waals surface area contributed by atoms with Crippen LogP contribution in [0.4, 0.5) is 5.69 Å². The molecular formula is C10H10N6. The standard InChI is InChI=1S/C10H10N6/c1-7(10-13-6-14-16-10)15-9-3-2-8(4-11)12-5-9/h2-3,5-7,15H,1H3,(H,13,14,16).